The minimum Gasteiger partial charge on any atom is -0.463 e. The summed E-state index contributed by atoms with van der Waals surface area (Å²) in [5.74, 6) is -3.55. The molecule has 1 aromatic carbocycles. The van der Waals surface area contributed by atoms with Crippen LogP contribution >= 0.6 is 12.2 Å². The molecule has 1 heterocycles. The van der Waals surface area contributed by atoms with Gasteiger partial charge in [0.1, 0.15) is 12.7 Å². The summed E-state index contributed by atoms with van der Waals surface area (Å²) in [4.78, 5) is 46.9. The molecule has 0 spiro atoms. The van der Waals surface area contributed by atoms with E-state index in [2.05, 4.69) is 10.6 Å². The Bertz CT molecular complexity index is 1150. The summed E-state index contributed by atoms with van der Waals surface area (Å²) >= 11 is 5.04. The van der Waals surface area contributed by atoms with Gasteiger partial charge in [0, 0.05) is 33.4 Å². The molecule has 2 N–H and O–H groups in total. The molecule has 41 heavy (non-hydrogen) atoms. The Morgan fingerprint density at radius 1 is 0.780 bits per heavy atom. The van der Waals surface area contributed by atoms with E-state index >= 15 is 0 Å². The maximum Gasteiger partial charge on any atom is 0.416 e. The average molecular weight is 619 g/mol. The topological polar surface area (TPSA) is 138 Å². The predicted molar refractivity (Wildman–Crippen MR) is 128 cm³/mol. The first-order chi connectivity index (χ1) is 18.8. The number of carbonyl (C=O) groups excluding carboxylic acids is 4. The van der Waals surface area contributed by atoms with Gasteiger partial charge in [0.05, 0.1) is 11.1 Å². The summed E-state index contributed by atoms with van der Waals surface area (Å²) in [7, 11) is 0. The number of rotatable bonds is 7. The van der Waals surface area contributed by atoms with Crippen LogP contribution in [0.25, 0.3) is 0 Å². The lowest BCUT2D eigenvalue weighted by molar-refractivity contribution is -0.254. The summed E-state index contributed by atoms with van der Waals surface area (Å²) < 4.78 is 106. The highest BCUT2D eigenvalue weighted by Gasteiger charge is 2.52. The molecule has 1 aliphatic rings. The summed E-state index contributed by atoms with van der Waals surface area (Å²) in [6.07, 6.45) is -18.0. The second-order valence-electron chi connectivity index (χ2n) is 8.51. The van der Waals surface area contributed by atoms with Crippen molar-refractivity contribution in [2.45, 2.75) is 70.7 Å². The van der Waals surface area contributed by atoms with Crippen LogP contribution in [0.15, 0.2) is 18.2 Å². The van der Waals surface area contributed by atoms with Gasteiger partial charge in [0.15, 0.2) is 29.7 Å². The Morgan fingerprint density at radius 2 is 1.24 bits per heavy atom. The maximum absolute atomic E-state index is 13.2. The smallest absolute Gasteiger partial charge is 0.416 e. The lowest BCUT2D eigenvalue weighted by Crippen LogP contribution is -2.66. The van der Waals surface area contributed by atoms with Crippen molar-refractivity contribution in [3.63, 3.8) is 0 Å². The van der Waals surface area contributed by atoms with Crippen molar-refractivity contribution in [1.82, 2.24) is 5.32 Å². The Balaban J connectivity index is 2.46. The molecule has 0 amide bonds. The molecular formula is C23H24F6N2O9S. The fourth-order valence-corrected chi connectivity index (χ4v) is 3.90. The van der Waals surface area contributed by atoms with Crippen molar-refractivity contribution in [3.05, 3.63) is 29.3 Å². The van der Waals surface area contributed by atoms with Gasteiger partial charge in [-0.3, -0.25) is 19.2 Å². The van der Waals surface area contributed by atoms with E-state index in [-0.39, 0.29) is 6.07 Å². The number of carbonyl (C=O) groups is 4. The Hall–Kier alpha value is -3.67. The number of halogens is 6. The Labute approximate surface area is 233 Å². The van der Waals surface area contributed by atoms with Crippen LogP contribution in [-0.4, -0.2) is 66.2 Å². The monoisotopic (exact) mass is 618 g/mol. The van der Waals surface area contributed by atoms with Crippen LogP contribution in [0.3, 0.4) is 0 Å². The number of benzene rings is 1. The fraction of sp³-hybridized carbons (Fsp3) is 0.522. The summed E-state index contributed by atoms with van der Waals surface area (Å²) in [6.45, 7) is 3.41. The first-order valence-corrected chi connectivity index (χ1v) is 11.9. The van der Waals surface area contributed by atoms with Gasteiger partial charge in [-0.15, -0.1) is 0 Å². The van der Waals surface area contributed by atoms with Gasteiger partial charge in [-0.25, -0.2) is 0 Å². The number of thiocarbonyl (C=S) groups is 1. The third kappa shape index (κ3) is 10.0. The molecule has 1 aliphatic heterocycles. The summed E-state index contributed by atoms with van der Waals surface area (Å²) in [5.41, 5.74) is -3.95. The van der Waals surface area contributed by atoms with Gasteiger partial charge in [-0.2, -0.15) is 26.3 Å². The van der Waals surface area contributed by atoms with Crippen molar-refractivity contribution in [2.75, 3.05) is 11.9 Å². The van der Waals surface area contributed by atoms with E-state index in [1.54, 1.807) is 0 Å². The highest BCUT2D eigenvalue weighted by molar-refractivity contribution is 7.80. The van der Waals surface area contributed by atoms with E-state index in [9.17, 15) is 45.5 Å². The van der Waals surface area contributed by atoms with E-state index < -0.39 is 95.4 Å². The molecule has 0 unspecified atom stereocenters. The standard InChI is InChI=1S/C23H24F6N2O9S/c1-9(32)36-8-16-17(37-10(2)33)18(38-11(3)34)19(39-12(4)35)20(40-16)31-21(41)30-15-6-13(22(24,25)26)5-14(7-15)23(27,28)29/h5-7,16-20H,8H2,1-4H3,(H2,30,31,41)/t16-,17-,18+,19-,20-/m1/s1. The number of esters is 4. The molecule has 1 aromatic rings. The summed E-state index contributed by atoms with van der Waals surface area (Å²) in [6, 6.07) is 0.661. The molecule has 1 fully saturated rings. The predicted octanol–water partition coefficient (Wildman–Crippen LogP) is 3.09. The van der Waals surface area contributed by atoms with Crippen LogP contribution in [0.4, 0.5) is 32.0 Å². The largest absolute Gasteiger partial charge is 0.463 e. The van der Waals surface area contributed by atoms with Crippen molar-refractivity contribution in [3.8, 4) is 0 Å². The van der Waals surface area contributed by atoms with Gasteiger partial charge in [-0.1, -0.05) is 0 Å². The molecule has 5 atom stereocenters. The number of ether oxygens (including phenoxy) is 5. The van der Waals surface area contributed by atoms with Gasteiger partial charge < -0.3 is 34.3 Å². The van der Waals surface area contributed by atoms with Crippen LogP contribution in [0.5, 0.6) is 0 Å². The highest BCUT2D eigenvalue weighted by atomic mass is 32.1. The molecule has 0 saturated carbocycles. The number of anilines is 1. The van der Waals surface area contributed by atoms with Crippen LogP contribution in [0.1, 0.15) is 38.8 Å². The minimum atomic E-state index is -5.13. The van der Waals surface area contributed by atoms with E-state index in [4.69, 9.17) is 35.9 Å². The van der Waals surface area contributed by atoms with E-state index in [1.807, 2.05) is 0 Å². The van der Waals surface area contributed by atoms with Crippen molar-refractivity contribution in [2.24, 2.45) is 0 Å². The van der Waals surface area contributed by atoms with Crippen LogP contribution in [0.2, 0.25) is 0 Å². The molecule has 0 aromatic heterocycles. The number of hydrogen-bond acceptors (Lipinski definition) is 10. The van der Waals surface area contributed by atoms with Gasteiger partial charge in [-0.05, 0) is 30.4 Å². The molecule has 0 bridgehead atoms. The fourth-order valence-electron chi connectivity index (χ4n) is 3.67. The minimum absolute atomic E-state index is 0.0822. The zero-order valence-corrected chi connectivity index (χ0v) is 22.5. The molecule has 2 rings (SSSR count). The molecule has 11 nitrogen and oxygen atoms in total. The number of alkyl halides is 6. The quantitative estimate of drug-likeness (QED) is 0.201. The first kappa shape index (κ1) is 33.5. The zero-order chi connectivity index (χ0) is 31.3. The first-order valence-electron chi connectivity index (χ1n) is 11.5. The SMILES string of the molecule is CC(=O)OC[C@H]1O[C@@H](NC(=S)Nc2cc(C(F)(F)F)cc(C(F)(F)F)c2)[C@H](OC(C)=O)[C@@H](OC(C)=O)[C@@H]1OC(C)=O. The Morgan fingerprint density at radius 3 is 1.68 bits per heavy atom. The molecular weight excluding hydrogens is 594 g/mol. The van der Waals surface area contributed by atoms with Gasteiger partial charge in [0.2, 0.25) is 0 Å². The normalized spacial score (nSPS) is 22.6. The Kier molecular flexibility index (Phi) is 10.9. The zero-order valence-electron chi connectivity index (χ0n) is 21.7. The molecule has 1 saturated heterocycles. The van der Waals surface area contributed by atoms with Crippen LogP contribution in [-0.2, 0) is 55.2 Å². The van der Waals surface area contributed by atoms with Crippen molar-refractivity contribution >= 4 is 46.9 Å². The van der Waals surface area contributed by atoms with Crippen molar-refractivity contribution < 1.29 is 69.2 Å². The molecule has 18 heteroatoms. The molecule has 0 aliphatic carbocycles. The third-order valence-electron chi connectivity index (χ3n) is 5.11. The second-order valence-corrected chi connectivity index (χ2v) is 8.92. The number of hydrogen-bond donors (Lipinski definition) is 2. The van der Waals surface area contributed by atoms with Crippen LogP contribution in [0, 0.1) is 0 Å². The van der Waals surface area contributed by atoms with Crippen LogP contribution < -0.4 is 10.6 Å². The lowest BCUT2D eigenvalue weighted by atomic mass is 9.97. The maximum atomic E-state index is 13.2. The lowest BCUT2D eigenvalue weighted by Gasteiger charge is -2.44. The van der Waals surface area contributed by atoms with E-state index in [0.717, 1.165) is 27.7 Å². The number of nitrogens with one attached hydrogen (secondary N) is 2. The van der Waals surface area contributed by atoms with Gasteiger partial charge in [0.25, 0.3) is 0 Å². The average Bonchev–Trinajstić information content (AvgIpc) is 2.79. The van der Waals surface area contributed by atoms with E-state index in [0.29, 0.717) is 12.1 Å². The highest BCUT2D eigenvalue weighted by Crippen LogP contribution is 2.37. The van der Waals surface area contributed by atoms with Gasteiger partial charge >= 0.3 is 36.2 Å². The third-order valence-corrected chi connectivity index (χ3v) is 5.33. The second kappa shape index (κ2) is 13.3. The van der Waals surface area contributed by atoms with Crippen molar-refractivity contribution in [1.29, 1.82) is 0 Å². The summed E-state index contributed by atoms with van der Waals surface area (Å²) in [5, 5.41) is 3.98. The molecule has 0 radical (unpaired) electrons. The van der Waals surface area contributed by atoms with E-state index in [1.165, 1.54) is 0 Å². The molecule has 228 valence electrons.